The van der Waals surface area contributed by atoms with E-state index in [0.29, 0.717) is 5.76 Å². The Hall–Kier alpha value is -1.79. The Morgan fingerprint density at radius 3 is 2.79 bits per heavy atom. The van der Waals surface area contributed by atoms with Gasteiger partial charge < -0.3 is 10.2 Å². The molecule has 1 aromatic heterocycles. The van der Waals surface area contributed by atoms with Crippen LogP contribution in [-0.4, -0.2) is 0 Å². The highest BCUT2D eigenvalue weighted by molar-refractivity contribution is 5.78. The van der Waals surface area contributed by atoms with Gasteiger partial charge in [-0.3, -0.25) is 0 Å². The number of hydrogen-bond acceptors (Lipinski definition) is 3. The van der Waals surface area contributed by atoms with E-state index in [4.69, 9.17) is 15.4 Å². The Bertz CT molecular complexity index is 472. The van der Waals surface area contributed by atoms with E-state index in [2.05, 4.69) is 0 Å². The molecule has 3 heteroatoms. The lowest BCUT2D eigenvalue weighted by molar-refractivity contribution is 0.456. The number of hydrogen-bond donors (Lipinski definition) is 1. The van der Waals surface area contributed by atoms with E-state index >= 15 is 0 Å². The van der Waals surface area contributed by atoms with E-state index in [1.807, 2.05) is 30.3 Å². The molecule has 2 N–H and O–H groups in total. The lowest BCUT2D eigenvalue weighted by atomic mass is 10.0. The summed E-state index contributed by atoms with van der Waals surface area (Å²) in [6.45, 7) is 1.63. The molecule has 2 rings (SSSR count). The van der Waals surface area contributed by atoms with Gasteiger partial charge in [-0.25, -0.2) is 0 Å². The third-order valence-corrected chi connectivity index (χ3v) is 2.17. The van der Waals surface area contributed by atoms with Gasteiger partial charge in [-0.1, -0.05) is 18.2 Å². The topological polar surface area (TPSA) is 63.0 Å². The Morgan fingerprint density at radius 2 is 2.14 bits per heavy atom. The number of nitrogens with two attached hydrogens (primary N) is 1. The molecule has 2 aromatic rings. The number of benzene rings is 1. The van der Waals surface area contributed by atoms with Gasteiger partial charge in [0.15, 0.2) is 5.54 Å². The number of nitrogens with zero attached hydrogens (tertiary/aromatic N) is 1. The zero-order valence-corrected chi connectivity index (χ0v) is 7.82. The van der Waals surface area contributed by atoms with Crippen molar-refractivity contribution in [2.45, 2.75) is 12.5 Å². The first kappa shape index (κ1) is 8.79. The molecule has 70 valence electrons. The molecule has 0 bridgehead atoms. The molecule has 0 fully saturated rings. The van der Waals surface area contributed by atoms with Crippen molar-refractivity contribution in [2.75, 3.05) is 0 Å². The van der Waals surface area contributed by atoms with Crippen LogP contribution >= 0.6 is 0 Å². The van der Waals surface area contributed by atoms with E-state index in [1.165, 1.54) is 0 Å². The minimum atomic E-state index is -1.06. The molecular weight excluding hydrogens is 176 g/mol. The molecule has 14 heavy (non-hydrogen) atoms. The molecule has 0 radical (unpaired) electrons. The number of para-hydroxylation sites is 1. The van der Waals surface area contributed by atoms with E-state index < -0.39 is 5.54 Å². The largest absolute Gasteiger partial charge is 0.458 e. The maximum absolute atomic E-state index is 8.84. The van der Waals surface area contributed by atoms with Crippen LogP contribution in [0.25, 0.3) is 11.0 Å². The Labute approximate surface area is 81.7 Å². The fourth-order valence-corrected chi connectivity index (χ4v) is 1.29. The van der Waals surface area contributed by atoms with Crippen LogP contribution in [0.5, 0.6) is 0 Å². The van der Waals surface area contributed by atoms with Crippen molar-refractivity contribution in [1.82, 2.24) is 0 Å². The molecule has 0 saturated carbocycles. The van der Waals surface area contributed by atoms with Gasteiger partial charge in [-0.2, -0.15) is 5.26 Å². The van der Waals surface area contributed by atoms with Crippen LogP contribution in [-0.2, 0) is 5.54 Å². The Kier molecular flexibility index (Phi) is 1.80. The standard InChI is InChI=1S/C11H10N2O/c1-11(13,7-12)10-6-8-4-2-3-5-9(8)14-10/h2-6H,13H2,1H3. The van der Waals surface area contributed by atoms with E-state index in [9.17, 15) is 0 Å². The number of rotatable bonds is 1. The molecule has 1 atom stereocenters. The van der Waals surface area contributed by atoms with Crippen LogP contribution in [0, 0.1) is 11.3 Å². The molecule has 1 unspecified atom stereocenters. The van der Waals surface area contributed by atoms with Crippen LogP contribution in [0.4, 0.5) is 0 Å². The molecule has 0 amide bonds. The summed E-state index contributed by atoms with van der Waals surface area (Å²) in [7, 11) is 0. The van der Waals surface area contributed by atoms with Crippen LogP contribution in [0.15, 0.2) is 34.7 Å². The van der Waals surface area contributed by atoms with Crippen LogP contribution in [0.1, 0.15) is 12.7 Å². The minimum absolute atomic E-state index is 0.501. The molecule has 1 aromatic carbocycles. The van der Waals surface area contributed by atoms with Gasteiger partial charge in [-0.05, 0) is 19.1 Å². The summed E-state index contributed by atoms with van der Waals surface area (Å²) in [5.41, 5.74) is 5.45. The van der Waals surface area contributed by atoms with Gasteiger partial charge in [0.05, 0.1) is 6.07 Å². The predicted molar refractivity (Wildman–Crippen MR) is 53.4 cm³/mol. The quantitative estimate of drug-likeness (QED) is 0.742. The summed E-state index contributed by atoms with van der Waals surface area (Å²) in [6, 6.07) is 11.4. The lowest BCUT2D eigenvalue weighted by Crippen LogP contribution is -2.30. The van der Waals surface area contributed by atoms with Crippen LogP contribution in [0.3, 0.4) is 0 Å². The first-order valence-electron chi connectivity index (χ1n) is 4.33. The predicted octanol–water partition coefficient (Wildman–Crippen LogP) is 2.13. The van der Waals surface area contributed by atoms with Crippen LogP contribution < -0.4 is 5.73 Å². The van der Waals surface area contributed by atoms with E-state index in [-0.39, 0.29) is 0 Å². The second kappa shape index (κ2) is 2.86. The first-order chi connectivity index (χ1) is 6.63. The number of fused-ring (bicyclic) bond motifs is 1. The smallest absolute Gasteiger partial charge is 0.159 e. The molecule has 1 heterocycles. The van der Waals surface area contributed by atoms with Gasteiger partial charge in [0.2, 0.25) is 0 Å². The van der Waals surface area contributed by atoms with Gasteiger partial charge >= 0.3 is 0 Å². The van der Waals surface area contributed by atoms with Crippen molar-refractivity contribution in [1.29, 1.82) is 5.26 Å². The van der Waals surface area contributed by atoms with Crippen molar-refractivity contribution in [3.63, 3.8) is 0 Å². The normalized spacial score (nSPS) is 14.9. The second-order valence-corrected chi connectivity index (χ2v) is 3.46. The van der Waals surface area contributed by atoms with Crippen LogP contribution in [0.2, 0.25) is 0 Å². The zero-order chi connectivity index (χ0) is 10.2. The van der Waals surface area contributed by atoms with Crippen molar-refractivity contribution in [3.05, 3.63) is 36.1 Å². The summed E-state index contributed by atoms with van der Waals surface area (Å²) in [6.07, 6.45) is 0. The second-order valence-electron chi connectivity index (χ2n) is 3.46. The van der Waals surface area contributed by atoms with Crippen molar-refractivity contribution in [2.24, 2.45) is 5.73 Å². The molecule has 0 spiro atoms. The van der Waals surface area contributed by atoms with Gasteiger partial charge in [0.1, 0.15) is 11.3 Å². The summed E-state index contributed by atoms with van der Waals surface area (Å²) >= 11 is 0. The summed E-state index contributed by atoms with van der Waals surface area (Å²) in [5.74, 6) is 0.501. The maximum Gasteiger partial charge on any atom is 0.159 e. The third kappa shape index (κ3) is 1.26. The van der Waals surface area contributed by atoms with Gasteiger partial charge in [0.25, 0.3) is 0 Å². The maximum atomic E-state index is 8.84. The summed E-state index contributed by atoms with van der Waals surface area (Å²) in [4.78, 5) is 0. The SMILES string of the molecule is CC(N)(C#N)c1cc2ccccc2o1. The molecule has 0 saturated heterocycles. The monoisotopic (exact) mass is 186 g/mol. The zero-order valence-electron chi connectivity index (χ0n) is 7.82. The lowest BCUT2D eigenvalue weighted by Gasteiger charge is -2.10. The first-order valence-corrected chi connectivity index (χ1v) is 4.33. The van der Waals surface area contributed by atoms with Crippen molar-refractivity contribution in [3.8, 4) is 6.07 Å². The summed E-state index contributed by atoms with van der Waals surface area (Å²) in [5, 5.41) is 9.80. The minimum Gasteiger partial charge on any atom is -0.458 e. The number of furan rings is 1. The molecule has 0 aliphatic heterocycles. The van der Waals surface area contributed by atoms with Crippen molar-refractivity contribution < 1.29 is 4.42 Å². The van der Waals surface area contributed by atoms with Gasteiger partial charge in [0, 0.05) is 5.39 Å². The van der Waals surface area contributed by atoms with Gasteiger partial charge in [-0.15, -0.1) is 0 Å². The fraction of sp³-hybridized carbons (Fsp3) is 0.182. The highest BCUT2D eigenvalue weighted by atomic mass is 16.3. The molecular formula is C11H10N2O. The third-order valence-electron chi connectivity index (χ3n) is 2.17. The van der Waals surface area contributed by atoms with E-state index in [0.717, 1.165) is 11.0 Å². The highest BCUT2D eigenvalue weighted by Gasteiger charge is 2.24. The van der Waals surface area contributed by atoms with Crippen molar-refractivity contribution >= 4 is 11.0 Å². The Morgan fingerprint density at radius 1 is 1.43 bits per heavy atom. The Balaban J connectivity index is 2.62. The molecule has 3 nitrogen and oxygen atoms in total. The van der Waals surface area contributed by atoms with E-state index in [1.54, 1.807) is 13.0 Å². The average molecular weight is 186 g/mol. The number of nitriles is 1. The fourth-order valence-electron chi connectivity index (χ4n) is 1.29. The average Bonchev–Trinajstić information content (AvgIpc) is 2.61. The molecule has 0 aliphatic rings. The summed E-state index contributed by atoms with van der Waals surface area (Å²) < 4.78 is 5.48. The highest BCUT2D eigenvalue weighted by Crippen LogP contribution is 2.25. The molecule has 0 aliphatic carbocycles.